The van der Waals surface area contributed by atoms with E-state index >= 15 is 0 Å². The van der Waals surface area contributed by atoms with E-state index in [9.17, 15) is 0 Å². The van der Waals surface area contributed by atoms with Crippen LogP contribution in [0.2, 0.25) is 0 Å². The molecule has 0 radical (unpaired) electrons. The second-order valence-corrected chi connectivity index (χ2v) is 6.30. The molecule has 1 aliphatic heterocycles. The lowest BCUT2D eigenvalue weighted by Crippen LogP contribution is -2.43. The molecule has 4 heteroatoms. The fourth-order valence-corrected chi connectivity index (χ4v) is 3.48. The van der Waals surface area contributed by atoms with Crippen LogP contribution in [0, 0.1) is 5.92 Å². The maximum Gasteiger partial charge on any atom is 0.140 e. The van der Waals surface area contributed by atoms with Gasteiger partial charge < -0.3 is 15.0 Å². The van der Waals surface area contributed by atoms with Crippen molar-refractivity contribution in [2.45, 2.75) is 45.1 Å². The van der Waals surface area contributed by atoms with Gasteiger partial charge in [0.15, 0.2) is 0 Å². The van der Waals surface area contributed by atoms with E-state index in [-0.39, 0.29) is 0 Å². The molecule has 2 unspecified atom stereocenters. The Balaban J connectivity index is 1.62. The lowest BCUT2D eigenvalue weighted by atomic mass is 9.85. The number of ether oxygens (including phenoxy) is 1. The first-order valence-electron chi connectivity index (χ1n) is 8.42. The highest BCUT2D eigenvalue weighted by molar-refractivity contribution is 5.48. The highest BCUT2D eigenvalue weighted by Gasteiger charge is 2.22. The topological polar surface area (TPSA) is 37.4 Å². The normalized spacial score (nSPS) is 26.6. The van der Waals surface area contributed by atoms with E-state index in [1.807, 2.05) is 12.4 Å². The smallest absolute Gasteiger partial charge is 0.140 e. The third-order valence-corrected chi connectivity index (χ3v) is 4.80. The van der Waals surface area contributed by atoms with Crippen LogP contribution in [0.3, 0.4) is 0 Å². The molecule has 1 aromatic heterocycles. The molecule has 2 heterocycles. The van der Waals surface area contributed by atoms with Crippen molar-refractivity contribution < 1.29 is 4.74 Å². The van der Waals surface area contributed by atoms with Crippen molar-refractivity contribution in [3.8, 4) is 5.75 Å². The first-order chi connectivity index (χ1) is 10.3. The maximum atomic E-state index is 6.21. The number of nitrogens with zero attached hydrogens (tertiary/aromatic N) is 2. The van der Waals surface area contributed by atoms with Crippen molar-refractivity contribution in [1.29, 1.82) is 0 Å². The van der Waals surface area contributed by atoms with Crippen LogP contribution >= 0.6 is 0 Å². The molecule has 21 heavy (non-hydrogen) atoms. The van der Waals surface area contributed by atoms with Gasteiger partial charge in [-0.15, -0.1) is 0 Å². The van der Waals surface area contributed by atoms with Crippen LogP contribution in [0.15, 0.2) is 18.5 Å². The van der Waals surface area contributed by atoms with Crippen molar-refractivity contribution in [3.05, 3.63) is 18.5 Å². The van der Waals surface area contributed by atoms with E-state index < -0.39 is 0 Å². The Morgan fingerprint density at radius 3 is 2.95 bits per heavy atom. The van der Waals surface area contributed by atoms with Crippen molar-refractivity contribution in [2.75, 3.05) is 31.1 Å². The molecule has 0 aromatic carbocycles. The van der Waals surface area contributed by atoms with Crippen LogP contribution < -0.4 is 15.0 Å². The number of pyridine rings is 1. The zero-order valence-electron chi connectivity index (χ0n) is 13.1. The molecule has 2 atom stereocenters. The molecule has 2 fully saturated rings. The molecule has 2 aliphatic rings. The van der Waals surface area contributed by atoms with Crippen LogP contribution in [-0.2, 0) is 0 Å². The number of aromatic nitrogens is 1. The van der Waals surface area contributed by atoms with Crippen molar-refractivity contribution in [2.24, 2.45) is 5.92 Å². The molecule has 0 bridgehead atoms. The molecule has 1 saturated carbocycles. The standard InChI is InChI=1S/C17H27N3O/c1-2-14-4-3-5-16(10-14)21-17-11-15(12-19-13-17)20-8-6-18-7-9-20/h11-14,16,18H,2-10H2,1H3. The van der Waals surface area contributed by atoms with Gasteiger partial charge in [0.1, 0.15) is 5.75 Å². The Hall–Kier alpha value is -1.29. The van der Waals surface area contributed by atoms with E-state index in [2.05, 4.69) is 28.2 Å². The molecule has 1 N–H and O–H groups in total. The minimum atomic E-state index is 0.378. The molecule has 116 valence electrons. The molecule has 1 aromatic rings. The third-order valence-electron chi connectivity index (χ3n) is 4.80. The van der Waals surface area contributed by atoms with E-state index in [4.69, 9.17) is 4.74 Å². The Kier molecular flexibility index (Phi) is 4.96. The van der Waals surface area contributed by atoms with E-state index in [0.29, 0.717) is 6.10 Å². The number of nitrogens with one attached hydrogen (secondary N) is 1. The second kappa shape index (κ2) is 7.12. The van der Waals surface area contributed by atoms with E-state index in [0.717, 1.165) is 37.8 Å². The van der Waals surface area contributed by atoms with Gasteiger partial charge in [-0.3, -0.25) is 4.98 Å². The third kappa shape index (κ3) is 3.88. The molecule has 1 saturated heterocycles. The monoisotopic (exact) mass is 289 g/mol. The van der Waals surface area contributed by atoms with Gasteiger partial charge in [0.05, 0.1) is 24.2 Å². The number of rotatable bonds is 4. The molecule has 4 nitrogen and oxygen atoms in total. The summed E-state index contributed by atoms with van der Waals surface area (Å²) in [5, 5.41) is 3.38. The summed E-state index contributed by atoms with van der Waals surface area (Å²) >= 11 is 0. The summed E-state index contributed by atoms with van der Waals surface area (Å²) in [6, 6.07) is 2.16. The summed E-state index contributed by atoms with van der Waals surface area (Å²) in [5.41, 5.74) is 1.19. The fraction of sp³-hybridized carbons (Fsp3) is 0.706. The lowest BCUT2D eigenvalue weighted by molar-refractivity contribution is 0.121. The van der Waals surface area contributed by atoms with Crippen molar-refractivity contribution in [3.63, 3.8) is 0 Å². The van der Waals surface area contributed by atoms with Gasteiger partial charge in [0, 0.05) is 32.2 Å². The summed E-state index contributed by atoms with van der Waals surface area (Å²) < 4.78 is 6.21. The van der Waals surface area contributed by atoms with Gasteiger partial charge >= 0.3 is 0 Å². The molecule has 1 aliphatic carbocycles. The van der Waals surface area contributed by atoms with Crippen LogP contribution in [0.25, 0.3) is 0 Å². The molecular weight excluding hydrogens is 262 g/mol. The molecule has 0 amide bonds. The van der Waals surface area contributed by atoms with Gasteiger partial charge in [0.2, 0.25) is 0 Å². The number of hydrogen-bond donors (Lipinski definition) is 1. The van der Waals surface area contributed by atoms with Crippen LogP contribution in [0.5, 0.6) is 5.75 Å². The van der Waals surface area contributed by atoms with Crippen LogP contribution in [0.4, 0.5) is 5.69 Å². The minimum Gasteiger partial charge on any atom is -0.489 e. The number of piperazine rings is 1. The predicted octanol–water partition coefficient (Wildman–Crippen LogP) is 2.84. The van der Waals surface area contributed by atoms with Gasteiger partial charge in [-0.2, -0.15) is 0 Å². The maximum absolute atomic E-state index is 6.21. The SMILES string of the molecule is CCC1CCCC(Oc2cncc(N3CCNCC3)c2)C1. The minimum absolute atomic E-state index is 0.378. The summed E-state index contributed by atoms with van der Waals surface area (Å²) in [6.45, 7) is 6.48. The van der Waals surface area contributed by atoms with Gasteiger partial charge in [-0.25, -0.2) is 0 Å². The van der Waals surface area contributed by atoms with Crippen molar-refractivity contribution >= 4 is 5.69 Å². The van der Waals surface area contributed by atoms with E-state index in [1.54, 1.807) is 0 Å². The number of hydrogen-bond acceptors (Lipinski definition) is 4. The quantitative estimate of drug-likeness (QED) is 0.925. The zero-order chi connectivity index (χ0) is 14.5. The first-order valence-corrected chi connectivity index (χ1v) is 8.42. The fourth-order valence-electron chi connectivity index (χ4n) is 3.48. The van der Waals surface area contributed by atoms with E-state index in [1.165, 1.54) is 37.8 Å². The van der Waals surface area contributed by atoms with Gasteiger partial charge in [-0.05, 0) is 25.2 Å². The van der Waals surface area contributed by atoms with Gasteiger partial charge in [0.25, 0.3) is 0 Å². The lowest BCUT2D eigenvalue weighted by Gasteiger charge is -2.31. The Labute approximate surface area is 127 Å². The Morgan fingerprint density at radius 2 is 2.14 bits per heavy atom. The Bertz CT molecular complexity index is 445. The highest BCUT2D eigenvalue weighted by atomic mass is 16.5. The largest absolute Gasteiger partial charge is 0.489 e. The number of anilines is 1. The second-order valence-electron chi connectivity index (χ2n) is 6.30. The average molecular weight is 289 g/mol. The summed E-state index contributed by atoms with van der Waals surface area (Å²) in [6.07, 6.45) is 10.5. The predicted molar refractivity (Wildman–Crippen MR) is 86.0 cm³/mol. The molecule has 0 spiro atoms. The highest BCUT2D eigenvalue weighted by Crippen LogP contribution is 2.30. The van der Waals surface area contributed by atoms with Crippen LogP contribution in [0.1, 0.15) is 39.0 Å². The molecular formula is C17H27N3O. The Morgan fingerprint density at radius 1 is 1.29 bits per heavy atom. The average Bonchev–Trinajstić information content (AvgIpc) is 2.56. The summed E-state index contributed by atoms with van der Waals surface area (Å²) in [4.78, 5) is 6.76. The summed E-state index contributed by atoms with van der Waals surface area (Å²) in [7, 11) is 0. The van der Waals surface area contributed by atoms with Crippen LogP contribution in [-0.4, -0.2) is 37.3 Å². The molecule has 3 rings (SSSR count). The summed E-state index contributed by atoms with van der Waals surface area (Å²) in [5.74, 6) is 1.78. The zero-order valence-corrected chi connectivity index (χ0v) is 13.1. The van der Waals surface area contributed by atoms with Crippen molar-refractivity contribution in [1.82, 2.24) is 10.3 Å². The van der Waals surface area contributed by atoms with Gasteiger partial charge in [-0.1, -0.05) is 19.8 Å². The first kappa shape index (κ1) is 14.6.